The molecule has 0 atom stereocenters. The van der Waals surface area contributed by atoms with E-state index in [1.807, 2.05) is 6.92 Å². The van der Waals surface area contributed by atoms with E-state index in [4.69, 9.17) is 5.14 Å². The van der Waals surface area contributed by atoms with Crippen LogP contribution in [0.5, 0.6) is 0 Å². The average Bonchev–Trinajstić information content (AvgIpc) is 2.46. The second kappa shape index (κ2) is 6.07. The van der Waals surface area contributed by atoms with Crippen LogP contribution in [0.1, 0.15) is 12.5 Å². The van der Waals surface area contributed by atoms with Crippen LogP contribution in [0.25, 0.3) is 0 Å². The van der Waals surface area contributed by atoms with Crippen molar-refractivity contribution in [2.75, 3.05) is 4.72 Å². The minimum absolute atomic E-state index is 0.103. The van der Waals surface area contributed by atoms with Gasteiger partial charge in [-0.05, 0) is 42.3 Å². The molecule has 0 radical (unpaired) electrons. The lowest BCUT2D eigenvalue weighted by Crippen LogP contribution is -2.15. The molecule has 2 aromatic rings. The Morgan fingerprint density at radius 3 is 2.14 bits per heavy atom. The summed E-state index contributed by atoms with van der Waals surface area (Å²) in [5.74, 6) is 0. The van der Waals surface area contributed by atoms with Gasteiger partial charge in [0.15, 0.2) is 0 Å². The number of sulfonamides is 2. The van der Waals surface area contributed by atoms with E-state index in [0.717, 1.165) is 12.0 Å². The highest BCUT2D eigenvalue weighted by Crippen LogP contribution is 2.19. The zero-order chi connectivity index (χ0) is 16.4. The molecule has 0 bridgehead atoms. The minimum Gasteiger partial charge on any atom is -0.280 e. The van der Waals surface area contributed by atoms with E-state index in [-0.39, 0.29) is 15.5 Å². The third-order valence-corrected chi connectivity index (χ3v) is 5.36. The van der Waals surface area contributed by atoms with Crippen molar-refractivity contribution in [2.45, 2.75) is 23.1 Å². The van der Waals surface area contributed by atoms with Crippen molar-refractivity contribution in [2.24, 2.45) is 5.14 Å². The Balaban J connectivity index is 2.32. The summed E-state index contributed by atoms with van der Waals surface area (Å²) in [7, 11) is -7.68. The van der Waals surface area contributed by atoms with Crippen LogP contribution in [-0.4, -0.2) is 16.8 Å². The highest BCUT2D eigenvalue weighted by molar-refractivity contribution is 7.92. The summed E-state index contributed by atoms with van der Waals surface area (Å²) in [6.07, 6.45) is 0.810. The van der Waals surface area contributed by atoms with Gasteiger partial charge in [-0.2, -0.15) is 0 Å². The smallest absolute Gasteiger partial charge is 0.261 e. The molecular weight excluding hydrogens is 324 g/mol. The topological polar surface area (TPSA) is 106 Å². The Morgan fingerprint density at radius 1 is 0.955 bits per heavy atom. The van der Waals surface area contributed by atoms with Crippen LogP contribution in [0.2, 0.25) is 0 Å². The van der Waals surface area contributed by atoms with E-state index in [0.29, 0.717) is 0 Å². The van der Waals surface area contributed by atoms with Gasteiger partial charge in [0.2, 0.25) is 10.0 Å². The number of primary sulfonamides is 1. The standard InChI is InChI=1S/C14H16N2O4S2/c1-2-11-6-8-13(9-7-11)22(19,20)16-12-4-3-5-14(10-12)21(15,17)18/h3-10,16H,2H2,1H3,(H2,15,17,18). The minimum atomic E-state index is -3.89. The molecule has 0 heterocycles. The van der Waals surface area contributed by atoms with Gasteiger partial charge < -0.3 is 0 Å². The van der Waals surface area contributed by atoms with Crippen molar-refractivity contribution >= 4 is 25.7 Å². The third kappa shape index (κ3) is 3.85. The first-order chi connectivity index (χ1) is 10.2. The van der Waals surface area contributed by atoms with Gasteiger partial charge in [0.1, 0.15) is 0 Å². The SMILES string of the molecule is CCc1ccc(S(=O)(=O)Nc2cccc(S(N)(=O)=O)c2)cc1. The lowest BCUT2D eigenvalue weighted by atomic mass is 10.2. The quantitative estimate of drug-likeness (QED) is 0.864. The Kier molecular flexibility index (Phi) is 4.55. The van der Waals surface area contributed by atoms with Crippen LogP contribution in [0, 0.1) is 0 Å². The molecule has 0 spiro atoms. The summed E-state index contributed by atoms with van der Waals surface area (Å²) >= 11 is 0. The molecular formula is C14H16N2O4S2. The fourth-order valence-corrected chi connectivity index (χ4v) is 3.46. The predicted octanol–water partition coefficient (Wildman–Crippen LogP) is 1.70. The fourth-order valence-electron chi connectivity index (χ4n) is 1.85. The maximum Gasteiger partial charge on any atom is 0.261 e. The molecule has 2 rings (SSSR count). The first-order valence-corrected chi connectivity index (χ1v) is 9.50. The van der Waals surface area contributed by atoms with Crippen LogP contribution in [0.3, 0.4) is 0 Å². The average molecular weight is 340 g/mol. The zero-order valence-corrected chi connectivity index (χ0v) is 13.5. The van der Waals surface area contributed by atoms with Crippen molar-refractivity contribution in [3.8, 4) is 0 Å². The number of benzene rings is 2. The summed E-state index contributed by atoms with van der Waals surface area (Å²) in [4.78, 5) is -0.0558. The van der Waals surface area contributed by atoms with Crippen molar-refractivity contribution in [3.63, 3.8) is 0 Å². The summed E-state index contributed by atoms with van der Waals surface area (Å²) < 4.78 is 49.5. The molecule has 118 valence electrons. The molecule has 8 heteroatoms. The molecule has 0 aliphatic carbocycles. The van der Waals surface area contributed by atoms with Crippen LogP contribution < -0.4 is 9.86 Å². The van der Waals surface area contributed by atoms with Crippen molar-refractivity contribution in [3.05, 3.63) is 54.1 Å². The fraction of sp³-hybridized carbons (Fsp3) is 0.143. The maximum atomic E-state index is 12.3. The van der Waals surface area contributed by atoms with Gasteiger partial charge in [-0.25, -0.2) is 22.0 Å². The lowest BCUT2D eigenvalue weighted by molar-refractivity contribution is 0.596. The molecule has 0 aliphatic rings. The number of rotatable bonds is 5. The van der Waals surface area contributed by atoms with E-state index in [2.05, 4.69) is 4.72 Å². The van der Waals surface area contributed by atoms with Crippen LogP contribution in [0.4, 0.5) is 5.69 Å². The molecule has 3 N–H and O–H groups in total. The second-order valence-corrected chi connectivity index (χ2v) is 7.92. The molecule has 0 saturated heterocycles. The number of nitrogens with one attached hydrogen (secondary N) is 1. The zero-order valence-electron chi connectivity index (χ0n) is 11.9. The Bertz CT molecular complexity index is 873. The summed E-state index contributed by atoms with van der Waals surface area (Å²) in [6, 6.07) is 11.8. The normalized spacial score (nSPS) is 12.1. The molecule has 2 aromatic carbocycles. The number of nitrogens with two attached hydrogens (primary N) is 1. The van der Waals surface area contributed by atoms with Crippen molar-refractivity contribution < 1.29 is 16.8 Å². The summed E-state index contributed by atoms with van der Waals surface area (Å²) in [5.41, 5.74) is 1.15. The number of anilines is 1. The molecule has 0 amide bonds. The van der Waals surface area contributed by atoms with Gasteiger partial charge in [0, 0.05) is 0 Å². The van der Waals surface area contributed by atoms with Gasteiger partial charge in [0.25, 0.3) is 10.0 Å². The van der Waals surface area contributed by atoms with Crippen LogP contribution in [-0.2, 0) is 26.5 Å². The van der Waals surface area contributed by atoms with Crippen LogP contribution >= 0.6 is 0 Å². The van der Waals surface area contributed by atoms with E-state index in [1.165, 1.54) is 36.4 Å². The molecule has 0 aromatic heterocycles. The highest BCUT2D eigenvalue weighted by atomic mass is 32.2. The summed E-state index contributed by atoms with van der Waals surface area (Å²) in [5, 5.41) is 5.03. The molecule has 6 nitrogen and oxygen atoms in total. The second-order valence-electron chi connectivity index (χ2n) is 4.68. The largest absolute Gasteiger partial charge is 0.280 e. The van der Waals surface area contributed by atoms with E-state index in [9.17, 15) is 16.8 Å². The first-order valence-electron chi connectivity index (χ1n) is 6.47. The number of aryl methyl sites for hydroxylation is 1. The van der Waals surface area contributed by atoms with Gasteiger partial charge in [-0.1, -0.05) is 25.1 Å². The van der Waals surface area contributed by atoms with Crippen molar-refractivity contribution in [1.82, 2.24) is 0 Å². The Morgan fingerprint density at radius 2 is 1.59 bits per heavy atom. The highest BCUT2D eigenvalue weighted by Gasteiger charge is 2.15. The molecule has 0 saturated carbocycles. The van der Waals surface area contributed by atoms with Gasteiger partial charge >= 0.3 is 0 Å². The van der Waals surface area contributed by atoms with Crippen LogP contribution in [0.15, 0.2) is 58.3 Å². The van der Waals surface area contributed by atoms with Crippen molar-refractivity contribution in [1.29, 1.82) is 0 Å². The molecule has 0 unspecified atom stereocenters. The lowest BCUT2D eigenvalue weighted by Gasteiger charge is -2.09. The van der Waals surface area contributed by atoms with Gasteiger partial charge in [0.05, 0.1) is 15.5 Å². The maximum absolute atomic E-state index is 12.3. The van der Waals surface area contributed by atoms with E-state index >= 15 is 0 Å². The Hall–Kier alpha value is -1.90. The summed E-state index contributed by atoms with van der Waals surface area (Å²) in [6.45, 7) is 1.97. The Labute approximate surface area is 130 Å². The first kappa shape index (κ1) is 16.5. The van der Waals surface area contributed by atoms with Gasteiger partial charge in [-0.15, -0.1) is 0 Å². The predicted molar refractivity (Wildman–Crippen MR) is 84.4 cm³/mol. The van der Waals surface area contributed by atoms with E-state index in [1.54, 1.807) is 12.1 Å². The van der Waals surface area contributed by atoms with Gasteiger partial charge in [-0.3, -0.25) is 4.72 Å². The molecule has 0 aliphatic heterocycles. The van der Waals surface area contributed by atoms with E-state index < -0.39 is 20.0 Å². The monoisotopic (exact) mass is 340 g/mol. The number of hydrogen-bond donors (Lipinski definition) is 2. The molecule has 22 heavy (non-hydrogen) atoms. The molecule has 0 fully saturated rings. The third-order valence-electron chi connectivity index (χ3n) is 3.06. The number of hydrogen-bond acceptors (Lipinski definition) is 4.